The predicted octanol–water partition coefficient (Wildman–Crippen LogP) is 4.95. The number of halogens is 1. The first kappa shape index (κ1) is 19.7. The molecule has 0 radical (unpaired) electrons. The van der Waals surface area contributed by atoms with Crippen LogP contribution in [0.25, 0.3) is 0 Å². The van der Waals surface area contributed by atoms with E-state index in [4.69, 9.17) is 0 Å². The van der Waals surface area contributed by atoms with E-state index in [1.165, 1.54) is 24.0 Å². The van der Waals surface area contributed by atoms with Crippen molar-refractivity contribution in [3.63, 3.8) is 0 Å². The number of carbonyl (C=O) groups excluding carboxylic acids is 1. The number of hydrogen-bond donors (Lipinski definition) is 0. The van der Waals surface area contributed by atoms with Gasteiger partial charge in [0.1, 0.15) is 5.82 Å². The lowest BCUT2D eigenvalue weighted by molar-refractivity contribution is 0.0770. The van der Waals surface area contributed by atoms with Crippen LogP contribution in [-0.2, 0) is 19.5 Å². The van der Waals surface area contributed by atoms with Gasteiger partial charge in [0.25, 0.3) is 5.91 Å². The van der Waals surface area contributed by atoms with Crippen LogP contribution < -0.4 is 0 Å². The Hall–Kier alpha value is -2.20. The number of likely N-dealkylation sites (tertiary alicyclic amines) is 1. The molecule has 0 N–H and O–H groups in total. The number of amides is 1. The normalized spacial score (nSPS) is 20.1. The summed E-state index contributed by atoms with van der Waals surface area (Å²) in [5, 5.41) is 0. The van der Waals surface area contributed by atoms with Crippen LogP contribution >= 0.6 is 0 Å². The molecule has 2 aromatic carbocycles. The van der Waals surface area contributed by atoms with E-state index in [1.807, 2.05) is 12.1 Å². The zero-order valence-corrected chi connectivity index (χ0v) is 17.9. The summed E-state index contributed by atoms with van der Waals surface area (Å²) in [7, 11) is 0. The summed E-state index contributed by atoms with van der Waals surface area (Å²) >= 11 is 0. The van der Waals surface area contributed by atoms with Crippen LogP contribution in [0, 0.1) is 24.6 Å². The van der Waals surface area contributed by atoms with Gasteiger partial charge in [0, 0.05) is 30.8 Å². The molecule has 2 heterocycles. The van der Waals surface area contributed by atoms with Crippen molar-refractivity contribution >= 4 is 5.91 Å². The number of benzene rings is 2. The number of fused-ring (bicyclic) bond motifs is 1. The summed E-state index contributed by atoms with van der Waals surface area (Å²) in [4.78, 5) is 17.2. The topological polar surface area (TPSA) is 23.6 Å². The van der Waals surface area contributed by atoms with Crippen molar-refractivity contribution in [1.82, 2.24) is 9.80 Å². The van der Waals surface area contributed by atoms with Gasteiger partial charge in [0.2, 0.25) is 0 Å². The van der Waals surface area contributed by atoms with E-state index in [0.29, 0.717) is 12.5 Å². The Morgan fingerprint density at radius 2 is 1.80 bits per heavy atom. The molecule has 158 valence electrons. The van der Waals surface area contributed by atoms with Crippen molar-refractivity contribution in [2.45, 2.75) is 52.1 Å². The number of piperidine rings is 1. The van der Waals surface area contributed by atoms with Gasteiger partial charge < -0.3 is 4.90 Å². The minimum Gasteiger partial charge on any atom is -0.334 e. The largest absolute Gasteiger partial charge is 0.334 e. The van der Waals surface area contributed by atoms with Gasteiger partial charge in [0.15, 0.2) is 0 Å². The molecule has 1 aliphatic carbocycles. The molecule has 2 aliphatic heterocycles. The summed E-state index contributed by atoms with van der Waals surface area (Å²) in [6, 6.07) is 11.6. The first-order chi connectivity index (χ1) is 14.6. The van der Waals surface area contributed by atoms with Gasteiger partial charge in [-0.3, -0.25) is 9.69 Å². The average molecular weight is 407 g/mol. The fraction of sp³-hybridized carbons (Fsp3) is 0.500. The molecule has 1 amide bonds. The first-order valence-electron chi connectivity index (χ1n) is 11.4. The van der Waals surface area contributed by atoms with Crippen LogP contribution in [0.15, 0.2) is 36.4 Å². The molecule has 0 aromatic heterocycles. The molecule has 2 fully saturated rings. The van der Waals surface area contributed by atoms with Gasteiger partial charge in [-0.25, -0.2) is 4.39 Å². The minimum absolute atomic E-state index is 0.0986. The number of nitrogens with zero attached hydrogens (tertiary/aromatic N) is 2. The van der Waals surface area contributed by atoms with E-state index in [2.05, 4.69) is 28.9 Å². The van der Waals surface area contributed by atoms with Gasteiger partial charge in [-0.05, 0) is 86.7 Å². The van der Waals surface area contributed by atoms with Crippen LogP contribution in [0.2, 0.25) is 0 Å². The van der Waals surface area contributed by atoms with Crippen molar-refractivity contribution in [3.05, 3.63) is 70.0 Å². The number of hydrogen-bond acceptors (Lipinski definition) is 2. The Morgan fingerprint density at radius 1 is 1.03 bits per heavy atom. The molecule has 4 heteroatoms. The van der Waals surface area contributed by atoms with E-state index >= 15 is 0 Å². The maximum absolute atomic E-state index is 13.9. The second-order valence-electron chi connectivity index (χ2n) is 9.59. The fourth-order valence-electron chi connectivity index (χ4n) is 5.23. The molecule has 3 nitrogen and oxygen atoms in total. The molecule has 2 aromatic rings. The fourth-order valence-corrected chi connectivity index (χ4v) is 5.23. The Bertz CT molecular complexity index is 944. The summed E-state index contributed by atoms with van der Waals surface area (Å²) in [6.07, 6.45) is 5.94. The van der Waals surface area contributed by atoms with Crippen molar-refractivity contribution in [3.8, 4) is 0 Å². The van der Waals surface area contributed by atoms with Gasteiger partial charge >= 0.3 is 0 Å². The highest BCUT2D eigenvalue weighted by Crippen LogP contribution is 2.35. The van der Waals surface area contributed by atoms with E-state index in [-0.39, 0.29) is 11.7 Å². The Labute approximate surface area is 178 Å². The highest BCUT2D eigenvalue weighted by Gasteiger charge is 2.34. The smallest absolute Gasteiger partial charge is 0.254 e. The standard InChI is InChI=1S/C26H31FN2O/c1-18-12-21(14-23-17-29(15-20-6-7-20)26(30)25(18)23)13-19-8-10-28(11-9-19)16-22-4-2-3-5-24(22)27/h2-5,12,14,19-20H,6-11,13,15-17H2,1H3. The van der Waals surface area contributed by atoms with Crippen molar-refractivity contribution in [2.75, 3.05) is 19.6 Å². The number of aryl methyl sites for hydroxylation is 1. The lowest BCUT2D eigenvalue weighted by Gasteiger charge is -2.32. The SMILES string of the molecule is Cc1cc(CC2CCN(Cc3ccccc3F)CC2)cc2c1C(=O)N(CC1CC1)C2. The number of carbonyl (C=O) groups is 1. The first-order valence-corrected chi connectivity index (χ1v) is 11.4. The number of rotatable bonds is 6. The second-order valence-corrected chi connectivity index (χ2v) is 9.59. The quantitative estimate of drug-likeness (QED) is 0.677. The third-order valence-corrected chi connectivity index (χ3v) is 7.10. The molecule has 30 heavy (non-hydrogen) atoms. The predicted molar refractivity (Wildman–Crippen MR) is 117 cm³/mol. The van der Waals surface area contributed by atoms with Crippen LogP contribution in [0.5, 0.6) is 0 Å². The van der Waals surface area contributed by atoms with Crippen LogP contribution in [0.4, 0.5) is 4.39 Å². The van der Waals surface area contributed by atoms with Gasteiger partial charge in [-0.1, -0.05) is 30.3 Å². The second kappa shape index (κ2) is 8.14. The molecular formula is C26H31FN2O. The van der Waals surface area contributed by atoms with Gasteiger partial charge in [0.05, 0.1) is 0 Å². The molecule has 0 atom stereocenters. The average Bonchev–Trinajstić information content (AvgIpc) is 3.48. The van der Waals surface area contributed by atoms with E-state index in [9.17, 15) is 9.18 Å². The lowest BCUT2D eigenvalue weighted by atomic mass is 9.88. The Kier molecular flexibility index (Phi) is 5.36. The van der Waals surface area contributed by atoms with Crippen LogP contribution in [-0.4, -0.2) is 35.3 Å². The van der Waals surface area contributed by atoms with Gasteiger partial charge in [-0.15, -0.1) is 0 Å². The summed E-state index contributed by atoms with van der Waals surface area (Å²) < 4.78 is 13.9. The van der Waals surface area contributed by atoms with E-state index < -0.39 is 0 Å². The third kappa shape index (κ3) is 4.15. The summed E-state index contributed by atoms with van der Waals surface area (Å²) in [5.74, 6) is 1.54. The zero-order chi connectivity index (χ0) is 20.7. The lowest BCUT2D eigenvalue weighted by Crippen LogP contribution is -2.34. The highest BCUT2D eigenvalue weighted by atomic mass is 19.1. The third-order valence-electron chi connectivity index (χ3n) is 7.10. The maximum Gasteiger partial charge on any atom is 0.254 e. The molecule has 1 saturated heterocycles. The van der Waals surface area contributed by atoms with E-state index in [1.54, 1.807) is 12.1 Å². The molecular weight excluding hydrogens is 375 g/mol. The monoisotopic (exact) mass is 406 g/mol. The Morgan fingerprint density at radius 3 is 2.53 bits per heavy atom. The summed E-state index contributed by atoms with van der Waals surface area (Å²) in [6.45, 7) is 6.57. The minimum atomic E-state index is -0.0986. The van der Waals surface area contributed by atoms with Crippen molar-refractivity contribution < 1.29 is 9.18 Å². The zero-order valence-electron chi connectivity index (χ0n) is 17.9. The highest BCUT2D eigenvalue weighted by molar-refractivity contribution is 5.99. The van der Waals surface area contributed by atoms with Crippen LogP contribution in [0.3, 0.4) is 0 Å². The maximum atomic E-state index is 13.9. The molecule has 5 rings (SSSR count). The Balaban J connectivity index is 1.19. The van der Waals surface area contributed by atoms with Crippen molar-refractivity contribution in [1.29, 1.82) is 0 Å². The van der Waals surface area contributed by atoms with Crippen LogP contribution in [0.1, 0.15) is 58.3 Å². The van der Waals surface area contributed by atoms with E-state index in [0.717, 1.165) is 68.0 Å². The molecule has 0 bridgehead atoms. The molecule has 3 aliphatic rings. The molecule has 0 unspecified atom stereocenters. The molecule has 1 saturated carbocycles. The molecule has 0 spiro atoms. The van der Waals surface area contributed by atoms with Crippen molar-refractivity contribution in [2.24, 2.45) is 11.8 Å². The summed E-state index contributed by atoms with van der Waals surface area (Å²) in [5.41, 5.74) is 5.50. The van der Waals surface area contributed by atoms with Gasteiger partial charge in [-0.2, -0.15) is 0 Å².